The number of pyridine rings is 1. The Morgan fingerprint density at radius 2 is 1.58 bits per heavy atom. The fourth-order valence-electron chi connectivity index (χ4n) is 1.72. The normalized spacial score (nSPS) is 13.3. The summed E-state index contributed by atoms with van der Waals surface area (Å²) in [4.78, 5) is 3.90. The number of alkyl halides is 4. The molecule has 0 aliphatic carbocycles. The summed E-state index contributed by atoms with van der Waals surface area (Å²) in [5.74, 6) is 0. The van der Waals surface area contributed by atoms with Gasteiger partial charge in [0.05, 0.1) is 10.9 Å². The van der Waals surface area contributed by atoms with E-state index in [1.54, 1.807) is 12.4 Å². The van der Waals surface area contributed by atoms with Gasteiger partial charge < -0.3 is 0 Å². The lowest BCUT2D eigenvalue weighted by Gasteiger charge is -2.12. The van der Waals surface area contributed by atoms with Gasteiger partial charge in [0.15, 0.2) is 0 Å². The van der Waals surface area contributed by atoms with Crippen LogP contribution in [0.5, 0.6) is 0 Å². The van der Waals surface area contributed by atoms with E-state index >= 15 is 0 Å². The summed E-state index contributed by atoms with van der Waals surface area (Å²) in [6.07, 6.45) is -0.446. The predicted octanol–water partition coefficient (Wildman–Crippen LogP) is 4.62. The highest BCUT2D eigenvalue weighted by Crippen LogP contribution is 2.31. The van der Waals surface area contributed by atoms with E-state index in [-0.39, 0.29) is 5.38 Å². The van der Waals surface area contributed by atoms with Gasteiger partial charge in [0.25, 0.3) is 0 Å². The van der Waals surface area contributed by atoms with E-state index in [2.05, 4.69) is 4.98 Å². The van der Waals surface area contributed by atoms with Crippen molar-refractivity contribution in [3.8, 4) is 0 Å². The maximum Gasteiger partial charge on any atom is 0.416 e. The molecule has 1 aromatic carbocycles. The third-order valence-electron chi connectivity index (χ3n) is 2.76. The first kappa shape index (κ1) is 13.9. The molecule has 0 aliphatic heterocycles. The zero-order valence-corrected chi connectivity index (χ0v) is 10.6. The van der Waals surface area contributed by atoms with Crippen molar-refractivity contribution in [2.75, 3.05) is 0 Å². The van der Waals surface area contributed by atoms with Crippen molar-refractivity contribution in [3.05, 3.63) is 65.5 Å². The summed E-state index contributed by atoms with van der Waals surface area (Å²) in [5.41, 5.74) is 1.01. The van der Waals surface area contributed by atoms with Crippen molar-refractivity contribution in [2.45, 2.75) is 18.0 Å². The molecule has 0 bridgehead atoms. The van der Waals surface area contributed by atoms with Crippen molar-refractivity contribution >= 4 is 11.6 Å². The van der Waals surface area contributed by atoms with E-state index in [1.807, 2.05) is 12.1 Å². The number of nitrogens with zero attached hydrogens (tertiary/aromatic N) is 1. The van der Waals surface area contributed by atoms with Gasteiger partial charge in [-0.15, -0.1) is 11.6 Å². The molecule has 0 amide bonds. The van der Waals surface area contributed by atoms with Crippen molar-refractivity contribution in [3.63, 3.8) is 0 Å². The Bertz CT molecular complexity index is 523. The van der Waals surface area contributed by atoms with Crippen molar-refractivity contribution < 1.29 is 13.2 Å². The highest BCUT2D eigenvalue weighted by molar-refractivity contribution is 6.20. The molecule has 2 aromatic rings. The summed E-state index contributed by atoms with van der Waals surface area (Å²) < 4.78 is 37.3. The molecule has 1 aromatic heterocycles. The van der Waals surface area contributed by atoms with Gasteiger partial charge in [-0.25, -0.2) is 0 Å². The average molecular weight is 286 g/mol. The van der Waals surface area contributed by atoms with E-state index in [0.29, 0.717) is 12.0 Å². The molecule has 0 N–H and O–H groups in total. The summed E-state index contributed by atoms with van der Waals surface area (Å²) in [6.45, 7) is 0. The van der Waals surface area contributed by atoms with Crippen LogP contribution in [0, 0.1) is 0 Å². The standard InChI is InChI=1S/C14H11ClF3N/c15-13(9-10-5-7-19-8-6-10)11-1-3-12(4-2-11)14(16,17)18/h1-8,13H,9H2. The Kier molecular flexibility index (Phi) is 4.10. The fourth-order valence-corrected chi connectivity index (χ4v) is 2.05. The van der Waals surface area contributed by atoms with Gasteiger partial charge in [-0.3, -0.25) is 4.98 Å². The molecule has 1 nitrogen and oxygen atoms in total. The summed E-state index contributed by atoms with van der Waals surface area (Å²) in [7, 11) is 0. The van der Waals surface area contributed by atoms with Gasteiger partial charge in [0, 0.05) is 12.4 Å². The van der Waals surface area contributed by atoms with Gasteiger partial charge in [-0.05, 0) is 41.8 Å². The Balaban J connectivity index is 2.10. The van der Waals surface area contributed by atoms with Gasteiger partial charge in [-0.2, -0.15) is 13.2 Å². The minimum Gasteiger partial charge on any atom is -0.265 e. The minimum atomic E-state index is -4.31. The number of benzene rings is 1. The van der Waals surface area contributed by atoms with Gasteiger partial charge in [0.2, 0.25) is 0 Å². The molecule has 0 saturated heterocycles. The molecule has 5 heteroatoms. The summed E-state index contributed by atoms with van der Waals surface area (Å²) in [6, 6.07) is 8.61. The first-order valence-electron chi connectivity index (χ1n) is 5.67. The Morgan fingerprint density at radius 3 is 2.11 bits per heavy atom. The lowest BCUT2D eigenvalue weighted by atomic mass is 10.0. The van der Waals surface area contributed by atoms with E-state index < -0.39 is 11.7 Å². The first-order chi connectivity index (χ1) is 8.97. The van der Waals surface area contributed by atoms with Crippen LogP contribution in [-0.4, -0.2) is 4.98 Å². The molecule has 19 heavy (non-hydrogen) atoms. The maximum atomic E-state index is 12.4. The molecule has 1 atom stereocenters. The van der Waals surface area contributed by atoms with E-state index in [9.17, 15) is 13.2 Å². The molecule has 0 radical (unpaired) electrons. The fraction of sp³-hybridized carbons (Fsp3) is 0.214. The number of aromatic nitrogens is 1. The molecule has 0 saturated carbocycles. The zero-order valence-electron chi connectivity index (χ0n) is 9.86. The largest absolute Gasteiger partial charge is 0.416 e. The van der Waals surface area contributed by atoms with Crippen LogP contribution in [0.25, 0.3) is 0 Å². The summed E-state index contributed by atoms with van der Waals surface area (Å²) >= 11 is 6.21. The third kappa shape index (κ3) is 3.70. The van der Waals surface area contributed by atoms with Crippen molar-refractivity contribution in [1.29, 1.82) is 0 Å². The number of hydrogen-bond donors (Lipinski definition) is 0. The van der Waals surface area contributed by atoms with Crippen LogP contribution in [0.1, 0.15) is 22.1 Å². The SMILES string of the molecule is FC(F)(F)c1ccc(C(Cl)Cc2ccncc2)cc1. The maximum absolute atomic E-state index is 12.4. The second kappa shape index (κ2) is 5.61. The molecular weight excluding hydrogens is 275 g/mol. The topological polar surface area (TPSA) is 12.9 Å². The Labute approximate surface area is 114 Å². The van der Waals surface area contributed by atoms with Crippen LogP contribution >= 0.6 is 11.6 Å². The molecule has 1 unspecified atom stereocenters. The zero-order chi connectivity index (χ0) is 13.9. The minimum absolute atomic E-state index is 0.357. The smallest absolute Gasteiger partial charge is 0.265 e. The molecule has 2 rings (SSSR count). The van der Waals surface area contributed by atoms with Crippen molar-refractivity contribution in [2.24, 2.45) is 0 Å². The highest BCUT2D eigenvalue weighted by Gasteiger charge is 2.30. The molecule has 1 heterocycles. The molecule has 0 spiro atoms. The van der Waals surface area contributed by atoms with Gasteiger partial charge in [0.1, 0.15) is 0 Å². The quantitative estimate of drug-likeness (QED) is 0.750. The van der Waals surface area contributed by atoms with E-state index in [4.69, 9.17) is 11.6 Å². The molecule has 100 valence electrons. The van der Waals surface area contributed by atoms with Crippen LogP contribution in [-0.2, 0) is 12.6 Å². The molecule has 0 aliphatic rings. The van der Waals surface area contributed by atoms with Gasteiger partial charge in [-0.1, -0.05) is 12.1 Å². The van der Waals surface area contributed by atoms with Crippen LogP contribution in [0.4, 0.5) is 13.2 Å². The Hall–Kier alpha value is -1.55. The lowest BCUT2D eigenvalue weighted by Crippen LogP contribution is -2.05. The summed E-state index contributed by atoms with van der Waals surface area (Å²) in [5, 5.41) is -0.357. The first-order valence-corrected chi connectivity index (χ1v) is 6.10. The van der Waals surface area contributed by atoms with Crippen molar-refractivity contribution in [1.82, 2.24) is 4.98 Å². The average Bonchev–Trinajstić information content (AvgIpc) is 2.39. The second-order valence-corrected chi connectivity index (χ2v) is 4.67. The van der Waals surface area contributed by atoms with Gasteiger partial charge >= 0.3 is 6.18 Å². The van der Waals surface area contributed by atoms with Crippen LogP contribution < -0.4 is 0 Å². The third-order valence-corrected chi connectivity index (χ3v) is 3.17. The van der Waals surface area contributed by atoms with Crippen LogP contribution in [0.2, 0.25) is 0 Å². The number of rotatable bonds is 3. The van der Waals surface area contributed by atoms with E-state index in [0.717, 1.165) is 17.7 Å². The molecule has 0 fully saturated rings. The van der Waals surface area contributed by atoms with E-state index in [1.165, 1.54) is 12.1 Å². The molecular formula is C14H11ClF3N. The predicted molar refractivity (Wildman–Crippen MR) is 68.0 cm³/mol. The lowest BCUT2D eigenvalue weighted by molar-refractivity contribution is -0.137. The second-order valence-electron chi connectivity index (χ2n) is 4.15. The van der Waals surface area contributed by atoms with Crippen LogP contribution in [0.15, 0.2) is 48.8 Å². The monoisotopic (exact) mass is 285 g/mol. The highest BCUT2D eigenvalue weighted by atomic mass is 35.5. The number of hydrogen-bond acceptors (Lipinski definition) is 1. The van der Waals surface area contributed by atoms with Crippen LogP contribution in [0.3, 0.4) is 0 Å². The Morgan fingerprint density at radius 1 is 1.00 bits per heavy atom. The number of halogens is 4.